The van der Waals surface area contributed by atoms with E-state index in [1.165, 1.54) is 32.1 Å². The van der Waals surface area contributed by atoms with Crippen molar-refractivity contribution in [3.63, 3.8) is 0 Å². The Hall–Kier alpha value is -0.570. The van der Waals surface area contributed by atoms with E-state index in [0.29, 0.717) is 11.8 Å². The SMILES string of the molecule is CCCCC1CCC(C(=O)N2CCNCC2(C)C)CC1. The first-order chi connectivity index (χ1) is 9.54. The van der Waals surface area contributed by atoms with E-state index in [0.717, 1.165) is 38.4 Å². The average molecular weight is 280 g/mol. The number of hydrogen-bond acceptors (Lipinski definition) is 2. The molecule has 3 nitrogen and oxygen atoms in total. The number of carbonyl (C=O) groups is 1. The molecule has 1 amide bonds. The average Bonchev–Trinajstić information content (AvgIpc) is 2.44. The summed E-state index contributed by atoms with van der Waals surface area (Å²) < 4.78 is 0. The Kier molecular flexibility index (Phi) is 5.48. The first-order valence-electron chi connectivity index (χ1n) is 8.57. The molecule has 1 N–H and O–H groups in total. The quantitative estimate of drug-likeness (QED) is 0.857. The van der Waals surface area contributed by atoms with E-state index in [2.05, 4.69) is 31.0 Å². The predicted molar refractivity (Wildman–Crippen MR) is 83.6 cm³/mol. The van der Waals surface area contributed by atoms with Gasteiger partial charge >= 0.3 is 0 Å². The van der Waals surface area contributed by atoms with Crippen LogP contribution in [-0.4, -0.2) is 36.0 Å². The van der Waals surface area contributed by atoms with Gasteiger partial charge in [-0.15, -0.1) is 0 Å². The molecule has 1 saturated carbocycles. The van der Waals surface area contributed by atoms with E-state index in [4.69, 9.17) is 0 Å². The zero-order valence-electron chi connectivity index (χ0n) is 13.6. The highest BCUT2D eigenvalue weighted by atomic mass is 16.2. The molecule has 0 aromatic rings. The lowest BCUT2D eigenvalue weighted by atomic mass is 9.78. The summed E-state index contributed by atoms with van der Waals surface area (Å²) in [5.74, 6) is 1.60. The Labute approximate surface area is 124 Å². The van der Waals surface area contributed by atoms with Gasteiger partial charge in [0.2, 0.25) is 5.91 Å². The van der Waals surface area contributed by atoms with Crippen LogP contribution >= 0.6 is 0 Å². The van der Waals surface area contributed by atoms with Gasteiger partial charge in [0, 0.05) is 31.1 Å². The Morgan fingerprint density at radius 1 is 1.25 bits per heavy atom. The van der Waals surface area contributed by atoms with Crippen LogP contribution in [0.3, 0.4) is 0 Å². The van der Waals surface area contributed by atoms with Crippen molar-refractivity contribution in [2.45, 2.75) is 71.3 Å². The Bertz CT molecular complexity index is 319. The molecule has 3 heteroatoms. The number of nitrogens with zero attached hydrogens (tertiary/aromatic N) is 1. The molecular formula is C17H32N2O. The number of amides is 1. The molecule has 116 valence electrons. The second-order valence-corrected chi connectivity index (χ2v) is 7.34. The van der Waals surface area contributed by atoms with Crippen molar-refractivity contribution in [1.29, 1.82) is 0 Å². The van der Waals surface area contributed by atoms with E-state index in [1.807, 2.05) is 0 Å². The first-order valence-corrected chi connectivity index (χ1v) is 8.57. The molecule has 1 aliphatic carbocycles. The lowest BCUT2D eigenvalue weighted by molar-refractivity contribution is -0.143. The van der Waals surface area contributed by atoms with Crippen LogP contribution in [0.1, 0.15) is 65.7 Å². The molecule has 0 atom stereocenters. The number of rotatable bonds is 4. The molecule has 0 spiro atoms. The largest absolute Gasteiger partial charge is 0.335 e. The molecule has 0 aromatic heterocycles. The molecule has 2 rings (SSSR count). The van der Waals surface area contributed by atoms with Crippen LogP contribution in [0.25, 0.3) is 0 Å². The minimum Gasteiger partial charge on any atom is -0.335 e. The normalized spacial score (nSPS) is 30.2. The van der Waals surface area contributed by atoms with E-state index in [-0.39, 0.29) is 5.54 Å². The van der Waals surface area contributed by atoms with Gasteiger partial charge in [0.05, 0.1) is 0 Å². The van der Waals surface area contributed by atoms with Gasteiger partial charge in [-0.1, -0.05) is 26.2 Å². The molecule has 0 unspecified atom stereocenters. The van der Waals surface area contributed by atoms with Crippen molar-refractivity contribution in [2.75, 3.05) is 19.6 Å². The van der Waals surface area contributed by atoms with Crippen molar-refractivity contribution in [1.82, 2.24) is 10.2 Å². The summed E-state index contributed by atoms with van der Waals surface area (Å²) in [4.78, 5) is 14.9. The van der Waals surface area contributed by atoms with E-state index in [1.54, 1.807) is 0 Å². The molecule has 0 aromatic carbocycles. The number of piperazine rings is 1. The van der Waals surface area contributed by atoms with Gasteiger partial charge < -0.3 is 10.2 Å². The summed E-state index contributed by atoms with van der Waals surface area (Å²) in [5, 5.41) is 3.40. The molecule has 0 bridgehead atoms. The van der Waals surface area contributed by atoms with Crippen LogP contribution < -0.4 is 5.32 Å². The fourth-order valence-corrected chi connectivity index (χ4v) is 3.80. The summed E-state index contributed by atoms with van der Waals surface area (Å²) >= 11 is 0. The summed E-state index contributed by atoms with van der Waals surface area (Å²) in [5.41, 5.74) is -0.0195. The van der Waals surface area contributed by atoms with Gasteiger partial charge in [0.15, 0.2) is 0 Å². The number of carbonyl (C=O) groups excluding carboxylic acids is 1. The van der Waals surface area contributed by atoms with Crippen molar-refractivity contribution in [2.24, 2.45) is 11.8 Å². The number of nitrogens with one attached hydrogen (secondary N) is 1. The van der Waals surface area contributed by atoms with Gasteiger partial charge in [0.1, 0.15) is 0 Å². The van der Waals surface area contributed by atoms with E-state index >= 15 is 0 Å². The van der Waals surface area contributed by atoms with Gasteiger partial charge in [0.25, 0.3) is 0 Å². The fraction of sp³-hybridized carbons (Fsp3) is 0.941. The summed E-state index contributed by atoms with van der Waals surface area (Å²) in [6.07, 6.45) is 8.80. The van der Waals surface area contributed by atoms with Crippen LogP contribution in [0.15, 0.2) is 0 Å². The summed E-state index contributed by atoms with van der Waals surface area (Å²) in [7, 11) is 0. The lowest BCUT2D eigenvalue weighted by Gasteiger charge is -2.45. The molecule has 1 heterocycles. The highest BCUT2D eigenvalue weighted by Gasteiger charge is 2.37. The third-order valence-electron chi connectivity index (χ3n) is 5.23. The zero-order valence-corrected chi connectivity index (χ0v) is 13.6. The highest BCUT2D eigenvalue weighted by molar-refractivity contribution is 5.79. The maximum atomic E-state index is 12.8. The fourth-order valence-electron chi connectivity index (χ4n) is 3.80. The lowest BCUT2D eigenvalue weighted by Crippen LogP contribution is -2.61. The number of unbranched alkanes of at least 4 members (excludes halogenated alkanes) is 1. The number of hydrogen-bond donors (Lipinski definition) is 1. The molecule has 1 aliphatic heterocycles. The third kappa shape index (κ3) is 3.75. The molecule has 1 saturated heterocycles. The van der Waals surface area contributed by atoms with Gasteiger partial charge in [-0.25, -0.2) is 0 Å². The van der Waals surface area contributed by atoms with Crippen molar-refractivity contribution in [3.05, 3.63) is 0 Å². The van der Waals surface area contributed by atoms with Gasteiger partial charge in [-0.05, 0) is 45.4 Å². The van der Waals surface area contributed by atoms with Crippen LogP contribution in [0.4, 0.5) is 0 Å². The van der Waals surface area contributed by atoms with Crippen molar-refractivity contribution in [3.8, 4) is 0 Å². The Morgan fingerprint density at radius 3 is 2.55 bits per heavy atom. The standard InChI is InChI=1S/C17H32N2O/c1-4-5-6-14-7-9-15(10-8-14)16(20)19-12-11-18-13-17(19,2)3/h14-15,18H,4-13H2,1-3H3. The zero-order chi connectivity index (χ0) is 14.6. The Morgan fingerprint density at radius 2 is 1.95 bits per heavy atom. The van der Waals surface area contributed by atoms with Crippen LogP contribution in [0, 0.1) is 11.8 Å². The van der Waals surface area contributed by atoms with Crippen LogP contribution in [-0.2, 0) is 4.79 Å². The second kappa shape index (κ2) is 6.93. The van der Waals surface area contributed by atoms with Gasteiger partial charge in [-0.3, -0.25) is 4.79 Å². The van der Waals surface area contributed by atoms with Crippen molar-refractivity contribution >= 4 is 5.91 Å². The molecule has 2 aliphatic rings. The van der Waals surface area contributed by atoms with Crippen LogP contribution in [0.5, 0.6) is 0 Å². The van der Waals surface area contributed by atoms with Crippen LogP contribution in [0.2, 0.25) is 0 Å². The topological polar surface area (TPSA) is 32.3 Å². The predicted octanol–water partition coefficient (Wildman–Crippen LogP) is 3.19. The van der Waals surface area contributed by atoms with Gasteiger partial charge in [-0.2, -0.15) is 0 Å². The smallest absolute Gasteiger partial charge is 0.226 e. The van der Waals surface area contributed by atoms with Crippen molar-refractivity contribution < 1.29 is 4.79 Å². The minimum atomic E-state index is -0.0195. The first kappa shape index (κ1) is 15.8. The monoisotopic (exact) mass is 280 g/mol. The second-order valence-electron chi connectivity index (χ2n) is 7.34. The minimum absolute atomic E-state index is 0.0195. The summed E-state index contributed by atoms with van der Waals surface area (Å²) in [6.45, 7) is 9.38. The molecule has 20 heavy (non-hydrogen) atoms. The maximum Gasteiger partial charge on any atom is 0.226 e. The van der Waals surface area contributed by atoms with E-state index < -0.39 is 0 Å². The molecular weight excluding hydrogens is 248 g/mol. The summed E-state index contributed by atoms with van der Waals surface area (Å²) in [6, 6.07) is 0. The highest BCUT2D eigenvalue weighted by Crippen LogP contribution is 2.34. The Balaban J connectivity index is 1.85. The maximum absolute atomic E-state index is 12.8. The third-order valence-corrected chi connectivity index (χ3v) is 5.23. The molecule has 2 fully saturated rings. The van der Waals surface area contributed by atoms with E-state index in [9.17, 15) is 4.79 Å². The molecule has 0 radical (unpaired) electrons.